The van der Waals surface area contributed by atoms with Gasteiger partial charge >= 0.3 is 0 Å². The van der Waals surface area contributed by atoms with Gasteiger partial charge in [0.05, 0.1) is 22.3 Å². The predicted molar refractivity (Wildman–Crippen MR) is 133 cm³/mol. The summed E-state index contributed by atoms with van der Waals surface area (Å²) in [6.45, 7) is 1.81. The average molecular weight is 467 g/mol. The number of hydrogen-bond donors (Lipinski definition) is 1. The first-order valence-corrected chi connectivity index (χ1v) is 11.5. The van der Waals surface area contributed by atoms with Crippen LogP contribution < -0.4 is 20.3 Å². The van der Waals surface area contributed by atoms with Crippen LogP contribution in [0.25, 0.3) is 21.6 Å². The fourth-order valence-electron chi connectivity index (χ4n) is 4.30. The lowest BCUT2D eigenvalue weighted by atomic mass is 10.1. The number of hydrogen-bond acceptors (Lipinski definition) is 5. The fourth-order valence-corrected chi connectivity index (χ4v) is 5.38. The van der Waals surface area contributed by atoms with E-state index in [0.29, 0.717) is 37.5 Å². The zero-order valence-corrected chi connectivity index (χ0v) is 18.9. The molecule has 0 saturated carbocycles. The summed E-state index contributed by atoms with van der Waals surface area (Å²) in [6.07, 6.45) is 0. The Kier molecular flexibility index (Phi) is 4.56. The highest BCUT2D eigenvalue weighted by Crippen LogP contribution is 2.35. The summed E-state index contributed by atoms with van der Waals surface area (Å²) in [5.74, 6) is -0.686. The number of fused-ring (bicyclic) bond motifs is 4. The highest BCUT2D eigenvalue weighted by Gasteiger charge is 2.35. The lowest BCUT2D eigenvalue weighted by Crippen LogP contribution is -2.37. The van der Waals surface area contributed by atoms with E-state index in [1.165, 1.54) is 16.2 Å². The van der Waals surface area contributed by atoms with Crippen molar-refractivity contribution in [3.63, 3.8) is 0 Å². The van der Waals surface area contributed by atoms with Crippen LogP contribution in [0.2, 0.25) is 0 Å². The first kappa shape index (κ1) is 20.3. The van der Waals surface area contributed by atoms with Crippen LogP contribution in [0.5, 0.6) is 0 Å². The lowest BCUT2D eigenvalue weighted by molar-refractivity contribution is -0.118. The number of aromatic nitrogens is 2. The van der Waals surface area contributed by atoms with E-state index < -0.39 is 0 Å². The Morgan fingerprint density at radius 3 is 2.53 bits per heavy atom. The maximum Gasteiger partial charge on any atom is 0.275 e. The largest absolute Gasteiger partial charge is 0.325 e. The normalized spacial score (nSPS) is 14.7. The van der Waals surface area contributed by atoms with Gasteiger partial charge in [0.2, 0.25) is 5.91 Å². The van der Waals surface area contributed by atoms with Gasteiger partial charge in [-0.2, -0.15) is 0 Å². The fraction of sp³-hybridized carbons (Fsp3) is 0.0769. The Morgan fingerprint density at radius 2 is 1.71 bits per heavy atom. The second kappa shape index (κ2) is 7.64. The summed E-state index contributed by atoms with van der Waals surface area (Å²) in [4.78, 5) is 46.3. The second-order valence-electron chi connectivity index (χ2n) is 8.15. The van der Waals surface area contributed by atoms with E-state index in [0.717, 1.165) is 11.1 Å². The number of imidazole rings is 1. The highest BCUT2D eigenvalue weighted by atomic mass is 32.1. The van der Waals surface area contributed by atoms with Gasteiger partial charge in [-0.15, -0.1) is 0 Å². The Hall–Kier alpha value is -4.30. The van der Waals surface area contributed by atoms with Crippen molar-refractivity contribution in [2.45, 2.75) is 6.92 Å². The Bertz CT molecular complexity index is 1730. The number of rotatable bonds is 3. The van der Waals surface area contributed by atoms with E-state index in [2.05, 4.69) is 10.3 Å². The molecule has 0 unspecified atom stereocenters. The van der Waals surface area contributed by atoms with E-state index in [-0.39, 0.29) is 23.9 Å². The van der Waals surface area contributed by atoms with Crippen molar-refractivity contribution < 1.29 is 9.59 Å². The molecule has 0 spiro atoms. The third-order valence-corrected chi connectivity index (χ3v) is 6.95. The SMILES string of the molecule is Cc1ccc(NC(=O)CN2C(=O)/C(=c3/sc4nc5ccccc5n4c3=O)c3ccccc32)cc1. The maximum atomic E-state index is 13.6. The Labute approximate surface area is 197 Å². The number of nitrogens with zero attached hydrogens (tertiary/aromatic N) is 3. The lowest BCUT2D eigenvalue weighted by Gasteiger charge is -2.16. The van der Waals surface area contributed by atoms with Crippen molar-refractivity contribution in [2.75, 3.05) is 16.8 Å². The molecular formula is C26H18N4O3S. The molecule has 0 aliphatic carbocycles. The number of para-hydroxylation sites is 3. The minimum Gasteiger partial charge on any atom is -0.325 e. The molecule has 1 aliphatic heterocycles. The van der Waals surface area contributed by atoms with Crippen LogP contribution in [0.3, 0.4) is 0 Å². The van der Waals surface area contributed by atoms with Crippen LogP contribution in [0.4, 0.5) is 11.4 Å². The number of carbonyl (C=O) groups is 2. The molecule has 2 aromatic heterocycles. The second-order valence-corrected chi connectivity index (χ2v) is 9.13. The molecule has 0 atom stereocenters. The molecule has 0 saturated heterocycles. The molecule has 1 N–H and O–H groups in total. The third-order valence-electron chi connectivity index (χ3n) is 5.91. The number of nitrogens with one attached hydrogen (secondary N) is 1. The summed E-state index contributed by atoms with van der Waals surface area (Å²) in [7, 11) is 0. The first-order chi connectivity index (χ1) is 16.5. The molecule has 8 heteroatoms. The minimum absolute atomic E-state index is 0.160. The third kappa shape index (κ3) is 3.11. The molecular weight excluding hydrogens is 448 g/mol. The number of amides is 2. The summed E-state index contributed by atoms with van der Waals surface area (Å²) in [5, 5.41) is 2.84. The summed E-state index contributed by atoms with van der Waals surface area (Å²) in [5.41, 5.74) is 4.46. The van der Waals surface area contributed by atoms with Gasteiger partial charge < -0.3 is 5.32 Å². The predicted octanol–water partition coefficient (Wildman–Crippen LogP) is 3.12. The number of aryl methyl sites for hydroxylation is 1. The number of carbonyl (C=O) groups excluding carboxylic acids is 2. The topological polar surface area (TPSA) is 83.8 Å². The number of benzene rings is 3. The van der Waals surface area contributed by atoms with Crippen molar-refractivity contribution in [2.24, 2.45) is 0 Å². The molecule has 34 heavy (non-hydrogen) atoms. The van der Waals surface area contributed by atoms with Gasteiger partial charge in [0.1, 0.15) is 11.1 Å². The summed E-state index contributed by atoms with van der Waals surface area (Å²) < 4.78 is 1.87. The van der Waals surface area contributed by atoms with Crippen LogP contribution in [0.1, 0.15) is 11.1 Å². The van der Waals surface area contributed by atoms with Crippen molar-refractivity contribution in [3.8, 4) is 0 Å². The van der Waals surface area contributed by atoms with E-state index in [1.54, 1.807) is 16.5 Å². The van der Waals surface area contributed by atoms with Gasteiger partial charge in [-0.25, -0.2) is 9.38 Å². The zero-order chi connectivity index (χ0) is 23.4. The van der Waals surface area contributed by atoms with Gasteiger partial charge in [0.15, 0.2) is 4.96 Å². The van der Waals surface area contributed by atoms with Gasteiger partial charge in [-0.05, 0) is 37.3 Å². The van der Waals surface area contributed by atoms with E-state index in [1.807, 2.05) is 67.6 Å². The molecule has 3 aromatic carbocycles. The zero-order valence-electron chi connectivity index (χ0n) is 18.1. The van der Waals surface area contributed by atoms with Gasteiger partial charge in [-0.3, -0.25) is 19.3 Å². The van der Waals surface area contributed by atoms with Crippen LogP contribution >= 0.6 is 11.3 Å². The van der Waals surface area contributed by atoms with E-state index in [4.69, 9.17) is 0 Å². The monoisotopic (exact) mass is 466 g/mol. The quantitative estimate of drug-likeness (QED) is 0.443. The molecule has 2 amide bonds. The minimum atomic E-state index is -0.369. The smallest absolute Gasteiger partial charge is 0.275 e. The van der Waals surface area contributed by atoms with Gasteiger partial charge in [0.25, 0.3) is 11.5 Å². The van der Waals surface area contributed by atoms with Gasteiger partial charge in [0, 0.05) is 11.3 Å². The van der Waals surface area contributed by atoms with Crippen LogP contribution in [-0.4, -0.2) is 27.7 Å². The van der Waals surface area contributed by atoms with Gasteiger partial charge in [-0.1, -0.05) is 59.4 Å². The van der Waals surface area contributed by atoms with Crippen molar-refractivity contribution >= 4 is 56.1 Å². The highest BCUT2D eigenvalue weighted by molar-refractivity contribution is 7.15. The van der Waals surface area contributed by atoms with Crippen molar-refractivity contribution in [1.82, 2.24) is 9.38 Å². The van der Waals surface area contributed by atoms with Crippen molar-refractivity contribution in [1.29, 1.82) is 0 Å². The summed E-state index contributed by atoms with van der Waals surface area (Å²) >= 11 is 1.19. The van der Waals surface area contributed by atoms with Crippen LogP contribution in [-0.2, 0) is 9.59 Å². The molecule has 3 heterocycles. The molecule has 166 valence electrons. The number of thiazole rings is 1. The maximum absolute atomic E-state index is 13.6. The molecule has 0 fully saturated rings. The van der Waals surface area contributed by atoms with E-state index >= 15 is 0 Å². The summed E-state index contributed by atoms with van der Waals surface area (Å²) in [6, 6.07) is 22.1. The Balaban J connectivity index is 1.44. The molecule has 6 rings (SSSR count). The van der Waals surface area contributed by atoms with E-state index in [9.17, 15) is 14.4 Å². The van der Waals surface area contributed by atoms with Crippen LogP contribution in [0.15, 0.2) is 77.6 Å². The molecule has 7 nitrogen and oxygen atoms in total. The van der Waals surface area contributed by atoms with Crippen molar-refractivity contribution in [3.05, 3.63) is 98.8 Å². The Morgan fingerprint density at radius 1 is 0.971 bits per heavy atom. The standard InChI is InChI=1S/C26H18N4O3S/c1-15-10-12-16(13-11-15)27-21(31)14-29-19-8-4-2-6-17(19)22(24(29)32)23-25(33)30-20-9-5-3-7-18(20)28-26(30)34-23/h2-13H,14H2,1H3,(H,27,31)/b23-22+. The first-order valence-electron chi connectivity index (χ1n) is 10.7. The molecule has 5 aromatic rings. The molecule has 1 aliphatic rings. The molecule has 0 radical (unpaired) electrons. The van der Waals surface area contributed by atoms with Crippen LogP contribution in [0, 0.1) is 6.92 Å². The molecule has 0 bridgehead atoms. The number of anilines is 2. The average Bonchev–Trinajstić information content (AvgIpc) is 3.44.